The fourth-order valence-corrected chi connectivity index (χ4v) is 2.91. The van der Waals surface area contributed by atoms with Gasteiger partial charge in [-0.3, -0.25) is 9.69 Å². The van der Waals surface area contributed by atoms with Crippen LogP contribution >= 0.6 is 0 Å². The van der Waals surface area contributed by atoms with E-state index in [0.29, 0.717) is 0 Å². The van der Waals surface area contributed by atoms with Crippen molar-refractivity contribution >= 4 is 5.78 Å². The predicted octanol–water partition coefficient (Wildman–Crippen LogP) is 3.82. The highest BCUT2D eigenvalue weighted by atomic mass is 16.1. The molecule has 108 valence electrons. The number of rotatable bonds is 4. The van der Waals surface area contributed by atoms with Gasteiger partial charge in [0.1, 0.15) is 0 Å². The number of hydrogen-bond acceptors (Lipinski definition) is 2. The number of likely N-dealkylation sites (tertiary alicyclic amines) is 1. The van der Waals surface area contributed by atoms with Gasteiger partial charge in [0, 0.05) is 17.7 Å². The Morgan fingerprint density at radius 2 is 1.71 bits per heavy atom. The second-order valence-corrected chi connectivity index (χ2v) is 5.88. The van der Waals surface area contributed by atoms with Crippen LogP contribution in [0.15, 0.2) is 48.5 Å². The predicted molar refractivity (Wildman–Crippen MR) is 85.6 cm³/mol. The van der Waals surface area contributed by atoms with E-state index in [-0.39, 0.29) is 5.78 Å². The molecule has 0 radical (unpaired) electrons. The molecule has 1 saturated heterocycles. The van der Waals surface area contributed by atoms with Gasteiger partial charge in [0.15, 0.2) is 5.78 Å². The normalized spacial score (nSPS) is 15.3. The first-order valence-corrected chi connectivity index (χ1v) is 7.65. The van der Waals surface area contributed by atoms with Crippen molar-refractivity contribution in [1.29, 1.82) is 0 Å². The lowest BCUT2D eigenvalue weighted by Gasteiger charge is -2.14. The molecule has 3 rings (SSSR count). The summed E-state index contributed by atoms with van der Waals surface area (Å²) >= 11 is 0. The summed E-state index contributed by atoms with van der Waals surface area (Å²) in [5.74, 6) is 0.103. The van der Waals surface area contributed by atoms with Crippen LogP contribution in [0.5, 0.6) is 0 Å². The summed E-state index contributed by atoms with van der Waals surface area (Å²) in [5.41, 5.74) is 3.94. The Bertz CT molecular complexity index is 624. The Morgan fingerprint density at radius 1 is 1.00 bits per heavy atom. The van der Waals surface area contributed by atoms with Crippen LogP contribution in [0.25, 0.3) is 0 Å². The Hall–Kier alpha value is -1.93. The van der Waals surface area contributed by atoms with Gasteiger partial charge in [-0.1, -0.05) is 48.0 Å². The molecule has 0 bridgehead atoms. The van der Waals surface area contributed by atoms with E-state index in [1.807, 2.05) is 43.3 Å². The van der Waals surface area contributed by atoms with E-state index in [2.05, 4.69) is 17.0 Å². The van der Waals surface area contributed by atoms with Crippen LogP contribution in [0, 0.1) is 6.92 Å². The van der Waals surface area contributed by atoms with Gasteiger partial charge in [0.25, 0.3) is 0 Å². The molecule has 0 atom stereocenters. The van der Waals surface area contributed by atoms with Gasteiger partial charge >= 0.3 is 0 Å². The van der Waals surface area contributed by atoms with Crippen molar-refractivity contribution in [2.75, 3.05) is 13.1 Å². The Balaban J connectivity index is 1.72. The molecule has 2 aromatic rings. The van der Waals surface area contributed by atoms with Crippen molar-refractivity contribution in [3.05, 3.63) is 70.8 Å². The molecule has 2 heteroatoms. The molecule has 21 heavy (non-hydrogen) atoms. The summed E-state index contributed by atoms with van der Waals surface area (Å²) in [5, 5.41) is 0. The van der Waals surface area contributed by atoms with E-state index in [9.17, 15) is 4.79 Å². The van der Waals surface area contributed by atoms with Crippen molar-refractivity contribution in [1.82, 2.24) is 4.90 Å². The zero-order valence-electron chi connectivity index (χ0n) is 12.5. The lowest BCUT2D eigenvalue weighted by molar-refractivity contribution is 0.103. The standard InChI is InChI=1S/C19H21NO/c1-15-5-4-6-18(13-15)19(21)17-9-7-16(8-10-17)14-20-11-2-3-12-20/h4-10,13H,2-3,11-12,14H2,1H3. The SMILES string of the molecule is Cc1cccc(C(=O)c2ccc(CN3CCCC3)cc2)c1. The first kappa shape index (κ1) is 14.0. The average molecular weight is 279 g/mol. The highest BCUT2D eigenvalue weighted by Gasteiger charge is 2.13. The van der Waals surface area contributed by atoms with Gasteiger partial charge < -0.3 is 0 Å². The van der Waals surface area contributed by atoms with Gasteiger partial charge in [0.2, 0.25) is 0 Å². The van der Waals surface area contributed by atoms with E-state index in [4.69, 9.17) is 0 Å². The molecule has 1 fully saturated rings. The third-order valence-corrected chi connectivity index (χ3v) is 4.10. The summed E-state index contributed by atoms with van der Waals surface area (Å²) in [7, 11) is 0. The van der Waals surface area contributed by atoms with Gasteiger partial charge in [-0.05, 0) is 44.5 Å². The van der Waals surface area contributed by atoms with E-state index in [0.717, 1.165) is 23.2 Å². The maximum absolute atomic E-state index is 12.4. The van der Waals surface area contributed by atoms with E-state index in [1.165, 1.54) is 31.5 Å². The molecule has 1 aliphatic heterocycles. The molecule has 0 saturated carbocycles. The molecule has 1 heterocycles. The Morgan fingerprint density at radius 3 is 2.38 bits per heavy atom. The molecule has 0 aliphatic carbocycles. The number of carbonyl (C=O) groups excluding carboxylic acids is 1. The minimum Gasteiger partial charge on any atom is -0.299 e. The molecule has 0 amide bonds. The zero-order chi connectivity index (χ0) is 14.7. The minimum absolute atomic E-state index is 0.103. The first-order chi connectivity index (χ1) is 10.2. The number of nitrogens with zero attached hydrogens (tertiary/aromatic N) is 1. The van der Waals surface area contributed by atoms with Crippen LogP contribution in [0.1, 0.15) is 39.9 Å². The number of benzene rings is 2. The topological polar surface area (TPSA) is 20.3 Å². The van der Waals surface area contributed by atoms with Crippen molar-refractivity contribution in [3.8, 4) is 0 Å². The summed E-state index contributed by atoms with van der Waals surface area (Å²) in [6.45, 7) is 5.41. The molecule has 1 aliphatic rings. The van der Waals surface area contributed by atoms with Crippen LogP contribution in [0.2, 0.25) is 0 Å². The van der Waals surface area contributed by atoms with Crippen LogP contribution < -0.4 is 0 Å². The third-order valence-electron chi connectivity index (χ3n) is 4.10. The summed E-state index contributed by atoms with van der Waals surface area (Å²) in [4.78, 5) is 14.9. The fraction of sp³-hybridized carbons (Fsp3) is 0.316. The average Bonchev–Trinajstić information content (AvgIpc) is 3.00. The maximum Gasteiger partial charge on any atom is 0.193 e. The lowest BCUT2D eigenvalue weighted by Crippen LogP contribution is -2.18. The van der Waals surface area contributed by atoms with E-state index >= 15 is 0 Å². The zero-order valence-corrected chi connectivity index (χ0v) is 12.5. The highest BCUT2D eigenvalue weighted by Crippen LogP contribution is 2.15. The van der Waals surface area contributed by atoms with Crippen molar-refractivity contribution in [2.24, 2.45) is 0 Å². The molecular formula is C19H21NO. The summed E-state index contributed by atoms with van der Waals surface area (Å²) < 4.78 is 0. The van der Waals surface area contributed by atoms with Crippen LogP contribution in [0.3, 0.4) is 0 Å². The van der Waals surface area contributed by atoms with Crippen LogP contribution in [0.4, 0.5) is 0 Å². The number of aryl methyl sites for hydroxylation is 1. The van der Waals surface area contributed by atoms with E-state index < -0.39 is 0 Å². The molecule has 2 aromatic carbocycles. The van der Waals surface area contributed by atoms with Gasteiger partial charge in [-0.15, -0.1) is 0 Å². The van der Waals surface area contributed by atoms with Crippen molar-refractivity contribution in [2.45, 2.75) is 26.3 Å². The van der Waals surface area contributed by atoms with Crippen molar-refractivity contribution in [3.63, 3.8) is 0 Å². The maximum atomic E-state index is 12.4. The smallest absolute Gasteiger partial charge is 0.193 e. The Labute approximate surface area is 126 Å². The molecule has 0 aromatic heterocycles. The number of carbonyl (C=O) groups is 1. The Kier molecular flexibility index (Phi) is 4.16. The van der Waals surface area contributed by atoms with Crippen LogP contribution in [-0.4, -0.2) is 23.8 Å². The first-order valence-electron chi connectivity index (χ1n) is 7.65. The largest absolute Gasteiger partial charge is 0.299 e. The third kappa shape index (κ3) is 3.40. The van der Waals surface area contributed by atoms with Gasteiger partial charge in [-0.2, -0.15) is 0 Å². The lowest BCUT2D eigenvalue weighted by atomic mass is 10.0. The summed E-state index contributed by atoms with van der Waals surface area (Å²) in [6, 6.07) is 15.9. The fourth-order valence-electron chi connectivity index (χ4n) is 2.91. The molecule has 0 unspecified atom stereocenters. The molecule has 0 spiro atoms. The molecule has 0 N–H and O–H groups in total. The quantitative estimate of drug-likeness (QED) is 0.793. The minimum atomic E-state index is 0.103. The number of ketones is 1. The van der Waals surface area contributed by atoms with Gasteiger partial charge in [0.05, 0.1) is 0 Å². The summed E-state index contributed by atoms with van der Waals surface area (Å²) in [6.07, 6.45) is 2.62. The second kappa shape index (κ2) is 6.23. The molecule has 2 nitrogen and oxygen atoms in total. The second-order valence-electron chi connectivity index (χ2n) is 5.88. The van der Waals surface area contributed by atoms with Gasteiger partial charge in [-0.25, -0.2) is 0 Å². The van der Waals surface area contributed by atoms with Crippen LogP contribution in [-0.2, 0) is 6.54 Å². The molecular weight excluding hydrogens is 258 g/mol. The highest BCUT2D eigenvalue weighted by molar-refractivity contribution is 6.09. The van der Waals surface area contributed by atoms with Crippen molar-refractivity contribution < 1.29 is 4.79 Å². The monoisotopic (exact) mass is 279 g/mol. The number of hydrogen-bond donors (Lipinski definition) is 0. The van der Waals surface area contributed by atoms with E-state index in [1.54, 1.807) is 0 Å².